The summed E-state index contributed by atoms with van der Waals surface area (Å²) in [6, 6.07) is 27.7. The summed E-state index contributed by atoms with van der Waals surface area (Å²) in [5, 5.41) is 3.62. The molecule has 1 aliphatic carbocycles. The van der Waals surface area contributed by atoms with Crippen molar-refractivity contribution in [2.75, 3.05) is 10.8 Å². The highest BCUT2D eigenvalue weighted by molar-refractivity contribution is 9.10. The number of amides is 2. The van der Waals surface area contributed by atoms with Crippen molar-refractivity contribution < 1.29 is 18.0 Å². The van der Waals surface area contributed by atoms with Crippen LogP contribution < -0.4 is 9.62 Å². The van der Waals surface area contributed by atoms with Gasteiger partial charge in [-0.15, -0.1) is 0 Å². The molecule has 0 spiro atoms. The van der Waals surface area contributed by atoms with Gasteiger partial charge in [0.1, 0.15) is 12.6 Å². The predicted molar refractivity (Wildman–Crippen MR) is 196 cm³/mol. The van der Waals surface area contributed by atoms with E-state index in [0.717, 1.165) is 63.1 Å². The van der Waals surface area contributed by atoms with E-state index < -0.39 is 28.5 Å². The van der Waals surface area contributed by atoms with Gasteiger partial charge in [0.05, 0.1) is 10.6 Å². The van der Waals surface area contributed by atoms with E-state index >= 15 is 0 Å². The van der Waals surface area contributed by atoms with Crippen LogP contribution in [-0.4, -0.2) is 43.8 Å². The number of anilines is 1. The van der Waals surface area contributed by atoms with Crippen LogP contribution in [0.5, 0.6) is 0 Å². The first-order chi connectivity index (χ1) is 23.0. The number of sulfonamides is 1. The van der Waals surface area contributed by atoms with E-state index in [0.29, 0.717) is 5.02 Å². The maximum Gasteiger partial charge on any atom is 0.264 e. The van der Waals surface area contributed by atoms with Crippen LogP contribution in [0.2, 0.25) is 5.02 Å². The fourth-order valence-corrected chi connectivity index (χ4v) is 7.83. The lowest BCUT2D eigenvalue weighted by Crippen LogP contribution is -2.55. The molecule has 0 radical (unpaired) electrons. The first kappa shape index (κ1) is 35.6. The maximum absolute atomic E-state index is 14.7. The van der Waals surface area contributed by atoms with Crippen molar-refractivity contribution in [2.24, 2.45) is 0 Å². The number of hydrogen-bond acceptors (Lipinski definition) is 4. The van der Waals surface area contributed by atoms with Gasteiger partial charge in [-0.25, -0.2) is 8.42 Å². The van der Waals surface area contributed by atoms with E-state index in [1.165, 1.54) is 17.0 Å². The Kier molecular flexibility index (Phi) is 12.0. The normalized spacial score (nSPS) is 14.2. The van der Waals surface area contributed by atoms with Crippen molar-refractivity contribution >= 4 is 55.1 Å². The van der Waals surface area contributed by atoms with Crippen LogP contribution in [0.15, 0.2) is 106 Å². The fraction of sp³-hybridized carbons (Fsp3) is 0.316. The molecule has 5 rings (SSSR count). The topological polar surface area (TPSA) is 86.8 Å². The van der Waals surface area contributed by atoms with Gasteiger partial charge in [0, 0.05) is 28.5 Å². The summed E-state index contributed by atoms with van der Waals surface area (Å²) in [6.45, 7) is 3.28. The van der Waals surface area contributed by atoms with E-state index in [1.54, 1.807) is 30.3 Å². The number of hydrogen-bond donors (Lipinski definition) is 1. The van der Waals surface area contributed by atoms with Gasteiger partial charge in [0.2, 0.25) is 11.8 Å². The van der Waals surface area contributed by atoms with Gasteiger partial charge in [-0.05, 0) is 79.8 Å². The molecule has 4 aromatic rings. The van der Waals surface area contributed by atoms with Gasteiger partial charge in [-0.2, -0.15) is 0 Å². The van der Waals surface area contributed by atoms with Gasteiger partial charge >= 0.3 is 0 Å². The SMILES string of the molecule is Cc1ccc(S(=O)(=O)N(CC(=O)N(Cc2ccc(Br)cc2)[C@H](Cc2ccccc2)C(=O)NC2CCCCC2)c2ccc(C)c(Cl)c2)cc1. The van der Waals surface area contributed by atoms with Crippen LogP contribution >= 0.6 is 27.5 Å². The lowest BCUT2D eigenvalue weighted by atomic mass is 9.94. The smallest absolute Gasteiger partial charge is 0.264 e. The molecule has 0 heterocycles. The predicted octanol–water partition coefficient (Wildman–Crippen LogP) is 8.00. The Balaban J connectivity index is 1.57. The van der Waals surface area contributed by atoms with Crippen molar-refractivity contribution in [2.45, 2.75) is 75.9 Å². The van der Waals surface area contributed by atoms with E-state index in [-0.39, 0.29) is 35.5 Å². The molecule has 2 amide bonds. The standard InChI is InChI=1S/C38H41BrClN3O4S/c1-27-13-21-34(22-14-27)48(46,47)43(33-20-15-28(2)35(40)24-33)26-37(44)42(25-30-16-18-31(39)19-17-30)36(23-29-9-5-3-6-10-29)38(45)41-32-11-7-4-8-12-32/h3,5-6,9-10,13-22,24,32,36H,4,7-8,11-12,23,25-26H2,1-2H3,(H,41,45)/t36-/m1/s1. The average Bonchev–Trinajstić information content (AvgIpc) is 3.08. The Labute approximate surface area is 297 Å². The first-order valence-electron chi connectivity index (χ1n) is 16.2. The molecule has 1 atom stereocenters. The monoisotopic (exact) mass is 749 g/mol. The molecule has 1 aliphatic rings. The number of nitrogens with zero attached hydrogens (tertiary/aromatic N) is 2. The van der Waals surface area contributed by atoms with Crippen LogP contribution in [0.25, 0.3) is 0 Å². The van der Waals surface area contributed by atoms with Crippen molar-refractivity contribution in [1.29, 1.82) is 0 Å². The minimum atomic E-state index is -4.21. The molecule has 48 heavy (non-hydrogen) atoms. The molecular formula is C38H41BrClN3O4S. The molecule has 0 saturated heterocycles. The third-order valence-corrected chi connectivity index (χ3v) is 11.5. The fourth-order valence-electron chi connectivity index (χ4n) is 5.99. The van der Waals surface area contributed by atoms with Crippen LogP contribution in [-0.2, 0) is 32.6 Å². The zero-order valence-corrected chi connectivity index (χ0v) is 30.4. The van der Waals surface area contributed by atoms with Crippen molar-refractivity contribution in [1.82, 2.24) is 10.2 Å². The summed E-state index contributed by atoms with van der Waals surface area (Å²) in [6.07, 6.45) is 5.27. The van der Waals surface area contributed by atoms with Crippen LogP contribution in [0.3, 0.4) is 0 Å². The number of halogens is 2. The van der Waals surface area contributed by atoms with E-state index in [2.05, 4.69) is 21.2 Å². The first-order valence-corrected chi connectivity index (χ1v) is 18.9. The second-order valence-electron chi connectivity index (χ2n) is 12.5. The Morgan fingerprint density at radius 2 is 1.54 bits per heavy atom. The molecule has 0 aliphatic heterocycles. The third-order valence-electron chi connectivity index (χ3n) is 8.82. The number of carbonyl (C=O) groups excluding carboxylic acids is 2. The van der Waals surface area contributed by atoms with Crippen LogP contribution in [0.4, 0.5) is 5.69 Å². The lowest BCUT2D eigenvalue weighted by molar-refractivity contribution is -0.140. The van der Waals surface area contributed by atoms with E-state index in [9.17, 15) is 18.0 Å². The quantitative estimate of drug-likeness (QED) is 0.159. The highest BCUT2D eigenvalue weighted by atomic mass is 79.9. The summed E-state index contributed by atoms with van der Waals surface area (Å²) in [5.41, 5.74) is 3.64. The average molecular weight is 751 g/mol. The van der Waals surface area contributed by atoms with Crippen molar-refractivity contribution in [3.05, 3.63) is 129 Å². The van der Waals surface area contributed by atoms with E-state index in [4.69, 9.17) is 11.6 Å². The van der Waals surface area contributed by atoms with Gasteiger partial charge in [0.15, 0.2) is 0 Å². The second kappa shape index (κ2) is 16.2. The zero-order chi connectivity index (χ0) is 34.3. The zero-order valence-electron chi connectivity index (χ0n) is 27.2. The summed E-state index contributed by atoms with van der Waals surface area (Å²) in [7, 11) is -4.21. The van der Waals surface area contributed by atoms with Crippen LogP contribution in [0, 0.1) is 13.8 Å². The number of aryl methyl sites for hydroxylation is 2. The Morgan fingerprint density at radius 3 is 2.19 bits per heavy atom. The van der Waals surface area contributed by atoms with Gasteiger partial charge < -0.3 is 10.2 Å². The van der Waals surface area contributed by atoms with Crippen molar-refractivity contribution in [3.8, 4) is 0 Å². The summed E-state index contributed by atoms with van der Waals surface area (Å²) in [5.74, 6) is -0.757. The molecule has 1 saturated carbocycles. The Bertz CT molecular complexity index is 1810. The van der Waals surface area contributed by atoms with Gasteiger partial charge in [0.25, 0.3) is 10.0 Å². The van der Waals surface area contributed by atoms with Gasteiger partial charge in [-0.1, -0.05) is 113 Å². The largest absolute Gasteiger partial charge is 0.352 e. The number of nitrogens with one attached hydrogen (secondary N) is 1. The Hall–Kier alpha value is -3.66. The summed E-state index contributed by atoms with van der Waals surface area (Å²) < 4.78 is 30.5. The molecule has 0 unspecified atom stereocenters. The Morgan fingerprint density at radius 1 is 0.875 bits per heavy atom. The maximum atomic E-state index is 14.7. The number of rotatable bonds is 12. The highest BCUT2D eigenvalue weighted by Crippen LogP contribution is 2.29. The molecule has 0 aromatic heterocycles. The summed E-state index contributed by atoms with van der Waals surface area (Å²) in [4.78, 5) is 30.5. The van der Waals surface area contributed by atoms with E-state index in [1.807, 2.05) is 68.4 Å². The number of carbonyl (C=O) groups is 2. The molecular weight excluding hydrogens is 710 g/mol. The third kappa shape index (κ3) is 9.07. The summed E-state index contributed by atoms with van der Waals surface area (Å²) >= 11 is 9.98. The molecule has 10 heteroatoms. The molecule has 1 fully saturated rings. The minimum absolute atomic E-state index is 0.0299. The molecule has 1 N–H and O–H groups in total. The number of benzene rings is 4. The minimum Gasteiger partial charge on any atom is -0.352 e. The molecule has 0 bridgehead atoms. The molecule has 252 valence electrons. The lowest BCUT2D eigenvalue weighted by Gasteiger charge is -2.35. The highest BCUT2D eigenvalue weighted by Gasteiger charge is 2.35. The molecule has 4 aromatic carbocycles. The second-order valence-corrected chi connectivity index (χ2v) is 15.6. The van der Waals surface area contributed by atoms with Crippen molar-refractivity contribution in [3.63, 3.8) is 0 Å². The van der Waals surface area contributed by atoms with Gasteiger partial charge in [-0.3, -0.25) is 13.9 Å². The molecule has 7 nitrogen and oxygen atoms in total. The van der Waals surface area contributed by atoms with Crippen LogP contribution in [0.1, 0.15) is 54.4 Å².